The molecule has 0 fully saturated rings. The minimum Gasteiger partial charge on any atom is -0.461 e. The largest absolute Gasteiger partial charge is 0.461 e. The van der Waals surface area contributed by atoms with Gasteiger partial charge in [-0.15, -0.1) is 0 Å². The molecule has 0 aromatic heterocycles. The summed E-state index contributed by atoms with van der Waals surface area (Å²) in [6.07, 6.45) is 0. The predicted octanol–water partition coefficient (Wildman–Crippen LogP) is 5.11. The molecular weight excluding hydrogens is 359 g/mol. The normalized spacial score (nSPS) is 19.7. The van der Waals surface area contributed by atoms with Gasteiger partial charge in [-0.1, -0.05) is 60.5 Å². The van der Waals surface area contributed by atoms with E-state index in [4.69, 9.17) is 27.9 Å². The van der Waals surface area contributed by atoms with Gasteiger partial charge in [0.05, 0.1) is 23.4 Å². The molecule has 0 bridgehead atoms. The maximum atomic E-state index is 12.3. The Kier molecular flexibility index (Phi) is 5.30. The molecule has 0 radical (unpaired) electrons. The lowest BCUT2D eigenvalue weighted by atomic mass is 9.91. The summed E-state index contributed by atoms with van der Waals surface area (Å²) in [6, 6.07) is 15.0. The number of nitrogens with zero attached hydrogens (tertiary/aromatic N) is 2. The Morgan fingerprint density at radius 2 is 1.92 bits per heavy atom. The van der Waals surface area contributed by atoms with Crippen LogP contribution in [0.15, 0.2) is 53.6 Å². The lowest BCUT2D eigenvalue weighted by Gasteiger charge is -2.27. The number of anilines is 1. The van der Waals surface area contributed by atoms with E-state index >= 15 is 0 Å². The zero-order valence-corrected chi connectivity index (χ0v) is 15.5. The number of esters is 1. The van der Waals surface area contributed by atoms with Crippen LogP contribution in [0.1, 0.15) is 25.5 Å². The first-order valence-corrected chi connectivity index (χ1v) is 8.83. The minimum atomic E-state index is -0.400. The average Bonchev–Trinajstić information content (AvgIpc) is 2.93. The molecule has 0 N–H and O–H groups in total. The molecule has 2 atom stereocenters. The van der Waals surface area contributed by atoms with Crippen molar-refractivity contribution in [1.29, 1.82) is 0 Å². The molecule has 2 aromatic rings. The maximum absolute atomic E-state index is 12.3. The highest BCUT2D eigenvalue weighted by atomic mass is 35.5. The van der Waals surface area contributed by atoms with Crippen LogP contribution >= 0.6 is 23.2 Å². The number of carbonyl (C=O) groups is 1. The van der Waals surface area contributed by atoms with Gasteiger partial charge >= 0.3 is 5.97 Å². The summed E-state index contributed by atoms with van der Waals surface area (Å²) in [4.78, 5) is 12.3. The van der Waals surface area contributed by atoms with E-state index in [1.807, 2.05) is 43.3 Å². The van der Waals surface area contributed by atoms with Crippen molar-refractivity contribution in [3.63, 3.8) is 0 Å². The molecule has 0 aliphatic carbocycles. The number of hydrogen-bond acceptors (Lipinski definition) is 4. The zero-order chi connectivity index (χ0) is 18.0. The van der Waals surface area contributed by atoms with Crippen molar-refractivity contribution in [3.05, 3.63) is 64.1 Å². The van der Waals surface area contributed by atoms with Crippen LogP contribution in [0.3, 0.4) is 0 Å². The smallest absolute Gasteiger partial charge is 0.354 e. The molecule has 1 heterocycles. The third kappa shape index (κ3) is 3.51. The molecule has 6 heteroatoms. The molecule has 0 saturated heterocycles. The molecule has 3 rings (SSSR count). The van der Waals surface area contributed by atoms with Crippen LogP contribution in [0.5, 0.6) is 0 Å². The Bertz CT molecular complexity index is 808. The number of halogens is 2. The van der Waals surface area contributed by atoms with Crippen LogP contribution in [0.25, 0.3) is 0 Å². The fraction of sp³-hybridized carbons (Fsp3) is 0.263. The highest BCUT2D eigenvalue weighted by Gasteiger charge is 2.40. The quantitative estimate of drug-likeness (QED) is 0.696. The second kappa shape index (κ2) is 7.46. The van der Waals surface area contributed by atoms with Crippen molar-refractivity contribution in [3.8, 4) is 0 Å². The van der Waals surface area contributed by atoms with E-state index in [0.29, 0.717) is 28.1 Å². The Hall–Kier alpha value is -2.04. The molecule has 4 nitrogen and oxygen atoms in total. The summed E-state index contributed by atoms with van der Waals surface area (Å²) >= 11 is 12.4. The number of rotatable bonds is 4. The second-order valence-electron chi connectivity index (χ2n) is 5.79. The highest BCUT2D eigenvalue weighted by Crippen LogP contribution is 2.42. The van der Waals surface area contributed by atoms with E-state index in [1.165, 1.54) is 0 Å². The Morgan fingerprint density at radius 3 is 2.56 bits per heavy atom. The van der Waals surface area contributed by atoms with Crippen LogP contribution in [0.2, 0.25) is 10.0 Å². The fourth-order valence-corrected chi connectivity index (χ4v) is 3.51. The SMILES string of the molecule is CCOC(=O)C1=NN(c2ccc(Cl)cc2Cl)[C@H](c2ccccc2)[C@H]1C. The van der Waals surface area contributed by atoms with Crippen molar-refractivity contribution < 1.29 is 9.53 Å². The van der Waals surface area contributed by atoms with E-state index in [-0.39, 0.29) is 12.0 Å². The fourth-order valence-electron chi connectivity index (χ4n) is 3.01. The molecule has 25 heavy (non-hydrogen) atoms. The van der Waals surface area contributed by atoms with Gasteiger partial charge in [0.15, 0.2) is 5.71 Å². The third-order valence-electron chi connectivity index (χ3n) is 4.17. The highest BCUT2D eigenvalue weighted by molar-refractivity contribution is 6.39. The topological polar surface area (TPSA) is 41.9 Å². The van der Waals surface area contributed by atoms with E-state index < -0.39 is 5.97 Å². The summed E-state index contributed by atoms with van der Waals surface area (Å²) in [5.74, 6) is -0.545. The second-order valence-corrected chi connectivity index (χ2v) is 6.63. The van der Waals surface area contributed by atoms with Gasteiger partial charge in [-0.25, -0.2) is 4.79 Å². The van der Waals surface area contributed by atoms with E-state index in [2.05, 4.69) is 5.10 Å². The van der Waals surface area contributed by atoms with Crippen molar-refractivity contribution in [1.82, 2.24) is 0 Å². The molecule has 130 valence electrons. The number of carbonyl (C=O) groups excluding carboxylic acids is 1. The first kappa shape index (κ1) is 17.8. The number of hydrogen-bond donors (Lipinski definition) is 0. The van der Waals surface area contributed by atoms with Gasteiger partial charge in [0.1, 0.15) is 0 Å². The third-order valence-corrected chi connectivity index (χ3v) is 4.70. The van der Waals surface area contributed by atoms with E-state index in [1.54, 1.807) is 24.1 Å². The molecule has 0 saturated carbocycles. The summed E-state index contributed by atoms with van der Waals surface area (Å²) < 4.78 is 5.16. The Balaban J connectivity index is 2.08. The standard InChI is InChI=1S/C19H18Cl2N2O2/c1-3-25-19(24)17-12(2)18(13-7-5-4-6-8-13)23(22-17)16-10-9-14(20)11-15(16)21/h4-12,18H,3H2,1-2H3/t12-,18-/m0/s1. The maximum Gasteiger partial charge on any atom is 0.354 e. The summed E-state index contributed by atoms with van der Waals surface area (Å²) in [6.45, 7) is 4.06. The van der Waals surface area contributed by atoms with E-state index in [0.717, 1.165) is 5.56 Å². The van der Waals surface area contributed by atoms with Crippen LogP contribution in [0, 0.1) is 5.92 Å². The van der Waals surface area contributed by atoms with Crippen molar-refractivity contribution >= 4 is 40.6 Å². The lowest BCUT2D eigenvalue weighted by molar-refractivity contribution is -0.135. The summed E-state index contributed by atoms with van der Waals surface area (Å²) in [7, 11) is 0. The molecule has 2 aromatic carbocycles. The zero-order valence-electron chi connectivity index (χ0n) is 13.9. The van der Waals surface area contributed by atoms with Crippen molar-refractivity contribution in [2.24, 2.45) is 11.0 Å². The average molecular weight is 377 g/mol. The van der Waals surface area contributed by atoms with Gasteiger partial charge in [0.25, 0.3) is 0 Å². The van der Waals surface area contributed by atoms with Crippen LogP contribution in [0.4, 0.5) is 5.69 Å². The summed E-state index contributed by atoms with van der Waals surface area (Å²) in [5.41, 5.74) is 2.14. The molecule has 0 unspecified atom stereocenters. The van der Waals surface area contributed by atoms with Crippen molar-refractivity contribution in [2.45, 2.75) is 19.9 Å². The number of hydrazone groups is 1. The molecule has 1 aliphatic heterocycles. The number of benzene rings is 2. The van der Waals surface area contributed by atoms with Gasteiger partial charge in [0.2, 0.25) is 0 Å². The van der Waals surface area contributed by atoms with Crippen LogP contribution < -0.4 is 5.01 Å². The Morgan fingerprint density at radius 1 is 1.20 bits per heavy atom. The van der Waals surface area contributed by atoms with Crippen LogP contribution in [-0.4, -0.2) is 18.3 Å². The van der Waals surface area contributed by atoms with Gasteiger partial charge in [-0.2, -0.15) is 5.10 Å². The minimum absolute atomic E-state index is 0.145. The van der Waals surface area contributed by atoms with Gasteiger partial charge < -0.3 is 4.74 Å². The number of ether oxygens (including phenoxy) is 1. The lowest BCUT2D eigenvalue weighted by Crippen LogP contribution is -2.27. The van der Waals surface area contributed by atoms with Crippen LogP contribution in [-0.2, 0) is 9.53 Å². The summed E-state index contributed by atoms with van der Waals surface area (Å²) in [5, 5.41) is 7.37. The van der Waals surface area contributed by atoms with Gasteiger partial charge in [0, 0.05) is 10.9 Å². The predicted molar refractivity (Wildman–Crippen MR) is 101 cm³/mol. The van der Waals surface area contributed by atoms with Crippen molar-refractivity contribution in [2.75, 3.05) is 11.6 Å². The Labute approximate surface area is 157 Å². The molecule has 1 aliphatic rings. The molecule has 0 amide bonds. The first-order chi connectivity index (χ1) is 12.0. The van der Waals surface area contributed by atoms with Gasteiger partial charge in [-0.05, 0) is 30.7 Å². The molecule has 0 spiro atoms. The van der Waals surface area contributed by atoms with Gasteiger partial charge in [-0.3, -0.25) is 5.01 Å². The van der Waals surface area contributed by atoms with E-state index in [9.17, 15) is 4.79 Å². The first-order valence-electron chi connectivity index (χ1n) is 8.07. The molecular formula is C19H18Cl2N2O2. The monoisotopic (exact) mass is 376 g/mol.